The summed E-state index contributed by atoms with van der Waals surface area (Å²) in [7, 11) is 1.54. The van der Waals surface area contributed by atoms with E-state index in [0.29, 0.717) is 6.54 Å². The molecule has 0 bridgehead atoms. The van der Waals surface area contributed by atoms with Gasteiger partial charge in [-0.3, -0.25) is 9.59 Å². The molecule has 0 aliphatic carbocycles. The quantitative estimate of drug-likeness (QED) is 0.793. The molecule has 0 aromatic heterocycles. The van der Waals surface area contributed by atoms with Gasteiger partial charge in [-0.2, -0.15) is 0 Å². The van der Waals surface area contributed by atoms with Crippen LogP contribution in [-0.4, -0.2) is 53.0 Å². The molecule has 3 N–H and O–H groups in total. The molecule has 0 heterocycles. The van der Waals surface area contributed by atoms with Crippen LogP contribution in [0.15, 0.2) is 24.3 Å². The van der Waals surface area contributed by atoms with E-state index in [0.717, 1.165) is 16.0 Å². The van der Waals surface area contributed by atoms with Gasteiger partial charge in [-0.25, -0.2) is 4.79 Å². The Kier molecular flexibility index (Phi) is 5.71. The van der Waals surface area contributed by atoms with Crippen LogP contribution in [0.4, 0.5) is 4.79 Å². The third kappa shape index (κ3) is 5.52. The van der Waals surface area contributed by atoms with Crippen molar-refractivity contribution < 1.29 is 19.5 Å². The lowest BCUT2D eigenvalue weighted by Gasteiger charge is -2.26. The van der Waals surface area contributed by atoms with Crippen molar-refractivity contribution in [2.24, 2.45) is 5.73 Å². The van der Waals surface area contributed by atoms with Gasteiger partial charge in [-0.05, 0) is 12.5 Å². The molecule has 7 nitrogen and oxygen atoms in total. The lowest BCUT2D eigenvalue weighted by atomic mass is 10.1. The zero-order valence-corrected chi connectivity index (χ0v) is 12.1. The molecule has 0 fully saturated rings. The molecule has 0 aliphatic rings. The van der Waals surface area contributed by atoms with E-state index >= 15 is 0 Å². The number of aryl methyl sites for hydroxylation is 1. The Bertz CT molecular complexity index is 512. The largest absolute Gasteiger partial charge is 0.480 e. The molecule has 0 unspecified atom stereocenters. The molecule has 1 aromatic carbocycles. The molecule has 21 heavy (non-hydrogen) atoms. The lowest BCUT2D eigenvalue weighted by molar-refractivity contribution is -0.138. The van der Waals surface area contributed by atoms with Gasteiger partial charge in [0.25, 0.3) is 0 Å². The van der Waals surface area contributed by atoms with Crippen molar-refractivity contribution in [3.05, 3.63) is 35.4 Å². The topological polar surface area (TPSA) is 104 Å². The van der Waals surface area contributed by atoms with Crippen molar-refractivity contribution in [2.45, 2.75) is 13.5 Å². The Morgan fingerprint density at radius 1 is 1.14 bits per heavy atom. The van der Waals surface area contributed by atoms with E-state index in [9.17, 15) is 14.4 Å². The number of benzene rings is 1. The summed E-state index contributed by atoms with van der Waals surface area (Å²) >= 11 is 0. The zero-order valence-electron chi connectivity index (χ0n) is 12.1. The normalized spacial score (nSPS) is 10.0. The number of carbonyl (C=O) groups excluding carboxylic acids is 2. The maximum Gasteiger partial charge on any atom is 0.323 e. The summed E-state index contributed by atoms with van der Waals surface area (Å²) in [4.78, 5) is 36.1. The summed E-state index contributed by atoms with van der Waals surface area (Å²) in [6.07, 6.45) is 0. The Morgan fingerprint density at radius 3 is 2.19 bits per heavy atom. The van der Waals surface area contributed by atoms with Crippen molar-refractivity contribution in [3.8, 4) is 0 Å². The third-order valence-electron chi connectivity index (χ3n) is 2.81. The smallest absolute Gasteiger partial charge is 0.323 e. The first-order valence-electron chi connectivity index (χ1n) is 6.35. The summed E-state index contributed by atoms with van der Waals surface area (Å²) in [6.45, 7) is 1.28. The van der Waals surface area contributed by atoms with E-state index < -0.39 is 31.0 Å². The minimum Gasteiger partial charge on any atom is -0.480 e. The van der Waals surface area contributed by atoms with Crippen molar-refractivity contribution >= 4 is 17.9 Å². The highest BCUT2D eigenvalue weighted by Gasteiger charge is 2.22. The molecule has 1 rings (SSSR count). The molecule has 0 aliphatic heterocycles. The minimum atomic E-state index is -1.20. The molecule has 1 aromatic rings. The van der Waals surface area contributed by atoms with Gasteiger partial charge in [0.15, 0.2) is 0 Å². The van der Waals surface area contributed by atoms with Gasteiger partial charge in [0, 0.05) is 13.6 Å². The van der Waals surface area contributed by atoms with Crippen LogP contribution < -0.4 is 5.73 Å². The van der Waals surface area contributed by atoms with Crippen molar-refractivity contribution in [2.75, 3.05) is 20.1 Å². The number of carboxylic acids is 1. The monoisotopic (exact) mass is 293 g/mol. The van der Waals surface area contributed by atoms with Crippen LogP contribution in [0.1, 0.15) is 11.1 Å². The van der Waals surface area contributed by atoms with E-state index in [-0.39, 0.29) is 0 Å². The van der Waals surface area contributed by atoms with Crippen molar-refractivity contribution in [1.82, 2.24) is 9.80 Å². The fraction of sp³-hybridized carbons (Fsp3) is 0.357. The standard InChI is InChI=1S/C14H19N3O4/c1-10-3-5-11(6-4-10)7-16(2)14(21)17(8-12(15)18)9-13(19)20/h3-6H,7-9H2,1-2H3,(H2,15,18)(H,19,20). The van der Waals surface area contributed by atoms with Gasteiger partial charge in [0.2, 0.25) is 5.91 Å². The second-order valence-electron chi connectivity index (χ2n) is 4.84. The van der Waals surface area contributed by atoms with Crippen LogP contribution in [0.5, 0.6) is 0 Å². The number of amides is 3. The maximum absolute atomic E-state index is 12.2. The number of primary amides is 1. The van der Waals surface area contributed by atoms with Crippen LogP contribution in [0.2, 0.25) is 0 Å². The molecular weight excluding hydrogens is 274 g/mol. The van der Waals surface area contributed by atoms with Gasteiger partial charge >= 0.3 is 12.0 Å². The van der Waals surface area contributed by atoms with Crippen LogP contribution in [-0.2, 0) is 16.1 Å². The number of hydrogen-bond donors (Lipinski definition) is 2. The number of nitrogens with two attached hydrogens (primary N) is 1. The third-order valence-corrected chi connectivity index (χ3v) is 2.81. The molecule has 0 radical (unpaired) electrons. The van der Waals surface area contributed by atoms with Crippen LogP contribution in [0.25, 0.3) is 0 Å². The van der Waals surface area contributed by atoms with Crippen molar-refractivity contribution in [1.29, 1.82) is 0 Å². The number of rotatable bonds is 6. The predicted molar refractivity (Wildman–Crippen MR) is 76.4 cm³/mol. The minimum absolute atomic E-state index is 0.313. The second-order valence-corrected chi connectivity index (χ2v) is 4.84. The summed E-state index contributed by atoms with van der Waals surface area (Å²) in [5.74, 6) is -1.96. The summed E-state index contributed by atoms with van der Waals surface area (Å²) in [6, 6.07) is 7.05. The Labute approximate surface area is 122 Å². The fourth-order valence-corrected chi connectivity index (χ4v) is 1.82. The summed E-state index contributed by atoms with van der Waals surface area (Å²) in [5, 5.41) is 8.78. The van der Waals surface area contributed by atoms with E-state index in [1.54, 1.807) is 0 Å². The van der Waals surface area contributed by atoms with Crippen LogP contribution in [0, 0.1) is 6.92 Å². The van der Waals surface area contributed by atoms with Gasteiger partial charge in [-0.15, -0.1) is 0 Å². The Morgan fingerprint density at radius 2 is 1.71 bits per heavy atom. The molecular formula is C14H19N3O4. The van der Waals surface area contributed by atoms with E-state index in [4.69, 9.17) is 10.8 Å². The van der Waals surface area contributed by atoms with Crippen LogP contribution >= 0.6 is 0 Å². The molecule has 7 heteroatoms. The fourth-order valence-electron chi connectivity index (χ4n) is 1.82. The maximum atomic E-state index is 12.2. The molecule has 0 saturated carbocycles. The highest BCUT2D eigenvalue weighted by atomic mass is 16.4. The first kappa shape index (κ1) is 16.5. The van der Waals surface area contributed by atoms with Gasteiger partial charge < -0.3 is 20.6 Å². The average Bonchev–Trinajstić information content (AvgIpc) is 2.38. The first-order chi connectivity index (χ1) is 9.79. The number of carboxylic acid groups (broad SMARTS) is 1. The number of nitrogens with zero attached hydrogens (tertiary/aromatic N) is 2. The first-order valence-corrected chi connectivity index (χ1v) is 6.35. The summed E-state index contributed by atoms with van der Waals surface area (Å²) < 4.78 is 0. The van der Waals surface area contributed by atoms with Gasteiger partial charge in [-0.1, -0.05) is 29.8 Å². The Hall–Kier alpha value is -2.57. The number of hydrogen-bond acceptors (Lipinski definition) is 3. The van der Waals surface area contributed by atoms with Crippen molar-refractivity contribution in [3.63, 3.8) is 0 Å². The predicted octanol–water partition coefficient (Wildman–Crippen LogP) is 0.419. The average molecular weight is 293 g/mol. The van der Waals surface area contributed by atoms with E-state index in [1.165, 1.54) is 11.9 Å². The van der Waals surface area contributed by atoms with Crippen LogP contribution in [0.3, 0.4) is 0 Å². The number of urea groups is 1. The number of carbonyl (C=O) groups is 3. The lowest BCUT2D eigenvalue weighted by Crippen LogP contribution is -2.47. The summed E-state index contributed by atoms with van der Waals surface area (Å²) in [5.41, 5.74) is 7.05. The van der Waals surface area contributed by atoms with E-state index in [2.05, 4.69) is 0 Å². The van der Waals surface area contributed by atoms with E-state index in [1.807, 2.05) is 31.2 Å². The zero-order chi connectivity index (χ0) is 16.0. The highest BCUT2D eigenvalue weighted by Crippen LogP contribution is 2.07. The highest BCUT2D eigenvalue weighted by molar-refractivity contribution is 5.85. The van der Waals surface area contributed by atoms with Gasteiger partial charge in [0.1, 0.15) is 13.1 Å². The molecule has 0 spiro atoms. The molecule has 114 valence electrons. The SMILES string of the molecule is Cc1ccc(CN(C)C(=O)N(CC(N)=O)CC(=O)O)cc1. The molecule has 0 atom stereocenters. The second kappa shape index (κ2) is 7.28. The van der Waals surface area contributed by atoms with Gasteiger partial charge in [0.05, 0.1) is 0 Å². The molecule has 0 saturated heterocycles. The number of aliphatic carboxylic acids is 1. The Balaban J connectivity index is 2.74. The molecule has 3 amide bonds.